The Morgan fingerprint density at radius 3 is 2.85 bits per heavy atom. The lowest BCUT2D eigenvalue weighted by Gasteiger charge is -2.28. The molecule has 27 heavy (non-hydrogen) atoms. The number of thiophene rings is 1. The first-order chi connectivity index (χ1) is 13.1. The van der Waals surface area contributed by atoms with Gasteiger partial charge in [-0.05, 0) is 42.0 Å². The highest BCUT2D eigenvalue weighted by Crippen LogP contribution is 2.40. The molecule has 1 aromatic carbocycles. The van der Waals surface area contributed by atoms with E-state index in [0.717, 1.165) is 12.8 Å². The Kier molecular flexibility index (Phi) is 4.80. The van der Waals surface area contributed by atoms with Crippen molar-refractivity contribution in [1.29, 1.82) is 0 Å². The average Bonchev–Trinajstić information content (AvgIpc) is 3.40. The van der Waals surface area contributed by atoms with Crippen LogP contribution >= 0.6 is 11.3 Å². The molecule has 0 unspecified atom stereocenters. The Balaban J connectivity index is 1.76. The Morgan fingerprint density at radius 1 is 1.33 bits per heavy atom. The van der Waals surface area contributed by atoms with E-state index in [2.05, 4.69) is 0 Å². The smallest absolute Gasteiger partial charge is 0.290 e. The van der Waals surface area contributed by atoms with Gasteiger partial charge >= 0.3 is 0 Å². The van der Waals surface area contributed by atoms with E-state index in [1.807, 2.05) is 0 Å². The van der Waals surface area contributed by atoms with Crippen molar-refractivity contribution in [3.8, 4) is 0 Å². The van der Waals surface area contributed by atoms with Crippen LogP contribution in [0.15, 0.2) is 53.1 Å². The highest BCUT2D eigenvalue weighted by atomic mass is 32.1. The molecule has 140 valence electrons. The fraction of sp³-hybridized carbons (Fsp3) is 0.300. The molecule has 1 aromatic heterocycles. The van der Waals surface area contributed by atoms with Crippen molar-refractivity contribution in [2.75, 3.05) is 13.2 Å². The molecule has 5 nitrogen and oxygen atoms in total. The van der Waals surface area contributed by atoms with E-state index in [9.17, 15) is 19.1 Å². The van der Waals surface area contributed by atoms with Gasteiger partial charge in [0.05, 0.1) is 22.6 Å². The summed E-state index contributed by atoms with van der Waals surface area (Å²) in [6.07, 6.45) is 1.54. The van der Waals surface area contributed by atoms with Crippen LogP contribution in [0, 0.1) is 5.82 Å². The maximum Gasteiger partial charge on any atom is 0.290 e. The molecule has 1 amide bonds. The number of ether oxygens (including phenoxy) is 1. The van der Waals surface area contributed by atoms with Gasteiger partial charge < -0.3 is 14.7 Å². The molecule has 0 saturated carbocycles. The summed E-state index contributed by atoms with van der Waals surface area (Å²) in [6.45, 7) is 0.864. The number of Topliss-reactive ketones (excluding diaryl/α,β-unsaturated/α-hetero) is 1. The quantitative estimate of drug-likeness (QED) is 0.796. The van der Waals surface area contributed by atoms with E-state index in [1.165, 1.54) is 34.4 Å². The van der Waals surface area contributed by atoms with Gasteiger partial charge in [-0.2, -0.15) is 0 Å². The van der Waals surface area contributed by atoms with E-state index >= 15 is 0 Å². The van der Waals surface area contributed by atoms with Crippen molar-refractivity contribution in [2.24, 2.45) is 0 Å². The molecule has 2 aliphatic rings. The predicted molar refractivity (Wildman–Crippen MR) is 98.1 cm³/mol. The molecule has 4 rings (SSSR count). The van der Waals surface area contributed by atoms with Gasteiger partial charge in [0.15, 0.2) is 5.76 Å². The Bertz CT molecular complexity index is 902. The molecular weight excluding hydrogens is 369 g/mol. The molecule has 2 aromatic rings. The van der Waals surface area contributed by atoms with Crippen LogP contribution in [-0.4, -0.2) is 41.0 Å². The number of ketones is 1. The summed E-state index contributed by atoms with van der Waals surface area (Å²) in [5.74, 6) is -2.08. The fourth-order valence-electron chi connectivity index (χ4n) is 3.65. The second-order valence-corrected chi connectivity index (χ2v) is 7.57. The van der Waals surface area contributed by atoms with Crippen molar-refractivity contribution in [2.45, 2.75) is 25.0 Å². The number of rotatable bonds is 5. The third-order valence-corrected chi connectivity index (χ3v) is 5.75. The minimum atomic E-state index is -0.841. The molecule has 3 heterocycles. The maximum atomic E-state index is 13.9. The van der Waals surface area contributed by atoms with Crippen molar-refractivity contribution >= 4 is 23.0 Å². The van der Waals surface area contributed by atoms with Crippen LogP contribution in [0.3, 0.4) is 0 Å². The molecule has 1 N–H and O–H groups in total. The number of aliphatic hydroxyl groups is 1. The molecular formula is C20H18FNO4S. The predicted octanol–water partition coefficient (Wildman–Crippen LogP) is 3.64. The second-order valence-electron chi connectivity index (χ2n) is 6.62. The van der Waals surface area contributed by atoms with Gasteiger partial charge in [0.2, 0.25) is 5.78 Å². The summed E-state index contributed by atoms with van der Waals surface area (Å²) in [5.41, 5.74) is 0.441. The first-order valence-electron chi connectivity index (χ1n) is 8.75. The minimum absolute atomic E-state index is 0.00829. The number of carbonyl (C=O) groups is 2. The molecule has 7 heteroatoms. The van der Waals surface area contributed by atoms with Crippen LogP contribution in [-0.2, 0) is 9.53 Å². The van der Waals surface area contributed by atoms with Gasteiger partial charge in [-0.3, -0.25) is 9.59 Å². The first kappa shape index (κ1) is 17.9. The number of amides is 1. The number of carbonyl (C=O) groups excluding carboxylic acids is 2. The molecule has 2 aliphatic heterocycles. The van der Waals surface area contributed by atoms with E-state index in [-0.39, 0.29) is 18.2 Å². The minimum Gasteiger partial charge on any atom is -0.503 e. The molecule has 0 aliphatic carbocycles. The summed E-state index contributed by atoms with van der Waals surface area (Å²) in [7, 11) is 0. The molecule has 0 spiro atoms. The van der Waals surface area contributed by atoms with Crippen LogP contribution in [0.2, 0.25) is 0 Å². The van der Waals surface area contributed by atoms with Crippen molar-refractivity contribution in [3.05, 3.63) is 69.4 Å². The van der Waals surface area contributed by atoms with E-state index in [0.29, 0.717) is 17.0 Å². The highest BCUT2D eigenvalue weighted by molar-refractivity contribution is 7.12. The Hall–Kier alpha value is -2.51. The molecule has 0 bridgehead atoms. The summed E-state index contributed by atoms with van der Waals surface area (Å²) in [4.78, 5) is 27.6. The number of hydrogen-bond donors (Lipinski definition) is 1. The lowest BCUT2D eigenvalue weighted by Crippen LogP contribution is -2.37. The molecule has 1 saturated heterocycles. The Labute approximate surface area is 159 Å². The number of aliphatic hydroxyl groups excluding tert-OH is 1. The molecule has 2 atom stereocenters. The second kappa shape index (κ2) is 7.25. The van der Waals surface area contributed by atoms with Gasteiger partial charge in [-0.25, -0.2) is 4.39 Å². The van der Waals surface area contributed by atoms with Gasteiger partial charge in [0.25, 0.3) is 5.91 Å². The fourth-order valence-corrected chi connectivity index (χ4v) is 4.32. The standard InChI is InChI=1S/C20H18FNO4S/c21-13-5-1-4-12(10-13)17-16(18(23)15-7-3-9-27-15)19(24)20(25)22(17)11-14-6-2-8-26-14/h1,3-5,7,9-10,14,17,24H,2,6,8,11H2/t14-,17+/m0/s1. The lowest BCUT2D eigenvalue weighted by atomic mass is 9.95. The van der Waals surface area contributed by atoms with E-state index in [1.54, 1.807) is 23.6 Å². The third-order valence-electron chi connectivity index (χ3n) is 4.88. The van der Waals surface area contributed by atoms with E-state index < -0.39 is 29.3 Å². The SMILES string of the molecule is O=C(C1=C(O)C(=O)N(C[C@@H]2CCCO2)[C@@H]1c1cccc(F)c1)c1cccs1. The zero-order chi connectivity index (χ0) is 19.0. The molecule has 0 radical (unpaired) electrons. The lowest BCUT2D eigenvalue weighted by molar-refractivity contribution is -0.131. The van der Waals surface area contributed by atoms with Crippen molar-refractivity contribution in [3.63, 3.8) is 0 Å². The number of hydrogen-bond acceptors (Lipinski definition) is 5. The van der Waals surface area contributed by atoms with Crippen LogP contribution in [0.5, 0.6) is 0 Å². The first-order valence-corrected chi connectivity index (χ1v) is 9.63. The van der Waals surface area contributed by atoms with Gasteiger partial charge in [-0.1, -0.05) is 18.2 Å². The highest BCUT2D eigenvalue weighted by Gasteiger charge is 2.45. The van der Waals surface area contributed by atoms with E-state index in [4.69, 9.17) is 4.74 Å². The number of nitrogens with zero attached hydrogens (tertiary/aromatic N) is 1. The zero-order valence-corrected chi connectivity index (χ0v) is 15.2. The summed E-state index contributed by atoms with van der Waals surface area (Å²) < 4.78 is 19.5. The van der Waals surface area contributed by atoms with Gasteiger partial charge in [0, 0.05) is 13.2 Å². The summed E-state index contributed by atoms with van der Waals surface area (Å²) in [5, 5.41) is 12.3. The third kappa shape index (κ3) is 3.28. The van der Waals surface area contributed by atoms with Crippen LogP contribution in [0.4, 0.5) is 4.39 Å². The van der Waals surface area contributed by atoms with Gasteiger partial charge in [-0.15, -0.1) is 11.3 Å². The summed E-state index contributed by atoms with van der Waals surface area (Å²) >= 11 is 1.23. The normalized spacial score (nSPS) is 22.7. The number of benzene rings is 1. The van der Waals surface area contributed by atoms with Crippen molar-refractivity contribution in [1.82, 2.24) is 4.90 Å². The average molecular weight is 387 g/mol. The summed E-state index contributed by atoms with van der Waals surface area (Å²) in [6, 6.07) is 8.31. The monoisotopic (exact) mass is 387 g/mol. The molecule has 1 fully saturated rings. The Morgan fingerprint density at radius 2 is 2.19 bits per heavy atom. The van der Waals surface area contributed by atoms with Gasteiger partial charge in [0.1, 0.15) is 5.82 Å². The van der Waals surface area contributed by atoms with Crippen molar-refractivity contribution < 1.29 is 23.8 Å². The topological polar surface area (TPSA) is 66.8 Å². The largest absolute Gasteiger partial charge is 0.503 e. The maximum absolute atomic E-state index is 13.9. The van der Waals surface area contributed by atoms with Crippen LogP contribution in [0.1, 0.15) is 34.1 Å². The van der Waals surface area contributed by atoms with Crippen LogP contribution < -0.4 is 0 Å². The number of halogens is 1. The van der Waals surface area contributed by atoms with Crippen LogP contribution in [0.25, 0.3) is 0 Å². The zero-order valence-electron chi connectivity index (χ0n) is 14.4.